The van der Waals surface area contributed by atoms with Crippen LogP contribution < -0.4 is 9.47 Å². The van der Waals surface area contributed by atoms with E-state index in [1.165, 1.54) is 19.3 Å². The summed E-state index contributed by atoms with van der Waals surface area (Å²) in [6.07, 6.45) is 5.02. The summed E-state index contributed by atoms with van der Waals surface area (Å²) in [6, 6.07) is 4.90. The van der Waals surface area contributed by atoms with Crippen molar-refractivity contribution in [1.29, 1.82) is 0 Å². The van der Waals surface area contributed by atoms with Crippen LogP contribution in [0, 0.1) is 11.8 Å². The van der Waals surface area contributed by atoms with E-state index in [0.29, 0.717) is 23.0 Å². The van der Waals surface area contributed by atoms with E-state index in [1.54, 1.807) is 25.3 Å². The minimum atomic E-state index is -0.532. The van der Waals surface area contributed by atoms with E-state index in [0.717, 1.165) is 12.3 Å². The molecular formula is C17H20O4S. The number of rotatable bonds is 6. The first kappa shape index (κ1) is 15.4. The Morgan fingerprint density at radius 2 is 2.05 bits per heavy atom. The fourth-order valence-corrected chi connectivity index (χ4v) is 3.78. The molecule has 22 heavy (non-hydrogen) atoms. The molecule has 2 aliphatic rings. The van der Waals surface area contributed by atoms with Crippen molar-refractivity contribution >= 4 is 24.2 Å². The van der Waals surface area contributed by atoms with Crippen LogP contribution in [0.5, 0.6) is 11.5 Å². The summed E-state index contributed by atoms with van der Waals surface area (Å²) in [5.41, 5.74) is 0.331. The Morgan fingerprint density at radius 3 is 2.64 bits per heavy atom. The molecule has 2 bridgehead atoms. The van der Waals surface area contributed by atoms with Gasteiger partial charge in [0, 0.05) is 5.56 Å². The summed E-state index contributed by atoms with van der Waals surface area (Å²) in [4.78, 5) is 23.5. The summed E-state index contributed by atoms with van der Waals surface area (Å²) in [6.45, 7) is 0. The fourth-order valence-electron chi connectivity index (χ4n) is 3.64. The Balaban J connectivity index is 1.82. The predicted molar refractivity (Wildman–Crippen MR) is 86.0 cm³/mol. The van der Waals surface area contributed by atoms with Crippen LogP contribution in [0.15, 0.2) is 18.2 Å². The van der Waals surface area contributed by atoms with Gasteiger partial charge in [0.05, 0.1) is 12.9 Å². The van der Waals surface area contributed by atoms with Gasteiger partial charge in [-0.25, -0.2) is 0 Å². The maximum Gasteiger partial charge on any atom is 0.229 e. The molecule has 0 amide bonds. The van der Waals surface area contributed by atoms with Gasteiger partial charge in [0.2, 0.25) is 11.6 Å². The van der Waals surface area contributed by atoms with Gasteiger partial charge in [-0.15, -0.1) is 0 Å². The molecule has 0 saturated heterocycles. The second-order valence-corrected chi connectivity index (χ2v) is 6.42. The zero-order chi connectivity index (χ0) is 15.7. The third kappa shape index (κ3) is 2.86. The molecule has 0 aromatic heterocycles. The number of carbonyl (C=O) groups is 2. The first-order valence-electron chi connectivity index (χ1n) is 7.65. The average Bonchev–Trinajstić information content (AvgIpc) is 3.16. The van der Waals surface area contributed by atoms with Crippen LogP contribution in [0.1, 0.15) is 36.0 Å². The van der Waals surface area contributed by atoms with Gasteiger partial charge in [-0.3, -0.25) is 9.59 Å². The number of methoxy groups -OCH3 is 1. The zero-order valence-corrected chi connectivity index (χ0v) is 13.5. The van der Waals surface area contributed by atoms with Gasteiger partial charge in [-0.1, -0.05) is 0 Å². The van der Waals surface area contributed by atoms with Gasteiger partial charge < -0.3 is 9.47 Å². The molecule has 0 radical (unpaired) electrons. The van der Waals surface area contributed by atoms with Crippen molar-refractivity contribution in [3.05, 3.63) is 23.8 Å². The lowest BCUT2D eigenvalue weighted by atomic mass is 9.97. The highest BCUT2D eigenvalue weighted by atomic mass is 32.1. The lowest BCUT2D eigenvalue weighted by molar-refractivity contribution is -0.112. The third-order valence-electron chi connectivity index (χ3n) is 4.77. The number of carbonyl (C=O) groups excluding carboxylic acids is 2. The second-order valence-electron chi connectivity index (χ2n) is 6.11. The normalized spacial score (nSPS) is 26.0. The summed E-state index contributed by atoms with van der Waals surface area (Å²) < 4.78 is 11.4. The van der Waals surface area contributed by atoms with Crippen LogP contribution >= 0.6 is 12.6 Å². The minimum Gasteiger partial charge on any atom is -0.493 e. The first-order valence-corrected chi connectivity index (χ1v) is 8.28. The standard InChI is InChI=1S/C17H20O4S/c1-20-14-5-4-12(17(19)13(18)9-22)8-16(14)21-15-7-10-2-3-11(15)6-10/h4-5,8,10-11,15,22H,2-3,6-7,9H2,1H3. The number of fused-ring (bicyclic) bond motifs is 2. The Morgan fingerprint density at radius 1 is 1.23 bits per heavy atom. The van der Waals surface area contributed by atoms with Crippen LogP contribution in [0.2, 0.25) is 0 Å². The van der Waals surface area contributed by atoms with Gasteiger partial charge in [-0.2, -0.15) is 12.6 Å². The molecule has 2 saturated carbocycles. The van der Waals surface area contributed by atoms with E-state index in [-0.39, 0.29) is 11.9 Å². The van der Waals surface area contributed by atoms with Crippen LogP contribution in [-0.2, 0) is 4.79 Å². The van der Waals surface area contributed by atoms with Crippen molar-refractivity contribution in [1.82, 2.24) is 0 Å². The third-order valence-corrected chi connectivity index (χ3v) is 5.06. The Bertz CT molecular complexity index is 598. The molecule has 0 aliphatic heterocycles. The molecule has 0 spiro atoms. The molecule has 5 heteroatoms. The van der Waals surface area contributed by atoms with Crippen LogP contribution in [0.25, 0.3) is 0 Å². The van der Waals surface area contributed by atoms with E-state index in [1.807, 2.05) is 0 Å². The molecule has 3 rings (SSSR count). The van der Waals surface area contributed by atoms with Crippen molar-refractivity contribution in [3.8, 4) is 11.5 Å². The predicted octanol–water partition coefficient (Wildman–Crippen LogP) is 2.94. The van der Waals surface area contributed by atoms with Gasteiger partial charge in [0.15, 0.2) is 11.5 Å². The van der Waals surface area contributed by atoms with E-state index in [9.17, 15) is 9.59 Å². The fraction of sp³-hybridized carbons (Fsp3) is 0.529. The van der Waals surface area contributed by atoms with Crippen LogP contribution in [-0.4, -0.2) is 30.5 Å². The lowest BCUT2D eigenvalue weighted by Crippen LogP contribution is -2.24. The lowest BCUT2D eigenvalue weighted by Gasteiger charge is -2.24. The summed E-state index contributed by atoms with van der Waals surface area (Å²) in [5, 5.41) is 0. The molecule has 2 aliphatic carbocycles. The SMILES string of the molecule is COc1ccc(C(=O)C(=O)CS)cc1OC1CC2CCC1C2. The highest BCUT2D eigenvalue weighted by Gasteiger charge is 2.41. The van der Waals surface area contributed by atoms with Gasteiger partial charge in [0.25, 0.3) is 0 Å². The monoisotopic (exact) mass is 320 g/mol. The molecule has 3 atom stereocenters. The summed E-state index contributed by atoms with van der Waals surface area (Å²) >= 11 is 3.87. The maximum atomic E-state index is 12.0. The molecule has 0 N–H and O–H groups in total. The summed E-state index contributed by atoms with van der Waals surface area (Å²) in [7, 11) is 1.57. The largest absolute Gasteiger partial charge is 0.493 e. The van der Waals surface area contributed by atoms with Crippen LogP contribution in [0.4, 0.5) is 0 Å². The number of Topliss-reactive ketones (excluding diaryl/α,β-unsaturated/α-hetero) is 2. The molecule has 1 aromatic carbocycles. The number of hydrogen-bond donors (Lipinski definition) is 1. The van der Waals surface area contributed by atoms with Crippen molar-refractivity contribution < 1.29 is 19.1 Å². The average molecular weight is 320 g/mol. The van der Waals surface area contributed by atoms with E-state index in [4.69, 9.17) is 9.47 Å². The van der Waals surface area contributed by atoms with Gasteiger partial charge >= 0.3 is 0 Å². The molecule has 0 heterocycles. The number of ether oxygens (including phenoxy) is 2. The highest BCUT2D eigenvalue weighted by Crippen LogP contribution is 2.46. The van der Waals surface area contributed by atoms with Gasteiger partial charge in [-0.05, 0) is 55.7 Å². The summed E-state index contributed by atoms with van der Waals surface area (Å²) in [5.74, 6) is 1.39. The van der Waals surface area contributed by atoms with Gasteiger partial charge in [0.1, 0.15) is 6.10 Å². The molecular weight excluding hydrogens is 300 g/mol. The van der Waals surface area contributed by atoms with Crippen molar-refractivity contribution in [2.45, 2.75) is 31.8 Å². The Hall–Kier alpha value is -1.49. The minimum absolute atomic E-state index is 0.0898. The Labute approximate surface area is 135 Å². The quantitative estimate of drug-likeness (QED) is 0.497. The Kier molecular flexibility index (Phi) is 4.43. The number of benzene rings is 1. The number of ketones is 2. The molecule has 1 aromatic rings. The topological polar surface area (TPSA) is 52.6 Å². The van der Waals surface area contributed by atoms with Crippen molar-refractivity contribution in [2.75, 3.05) is 12.9 Å². The smallest absolute Gasteiger partial charge is 0.229 e. The molecule has 4 nitrogen and oxygen atoms in total. The van der Waals surface area contributed by atoms with E-state index < -0.39 is 11.6 Å². The van der Waals surface area contributed by atoms with Crippen molar-refractivity contribution in [2.24, 2.45) is 11.8 Å². The number of thiol groups is 1. The zero-order valence-electron chi connectivity index (χ0n) is 12.6. The number of hydrogen-bond acceptors (Lipinski definition) is 5. The van der Waals surface area contributed by atoms with Crippen molar-refractivity contribution in [3.63, 3.8) is 0 Å². The van der Waals surface area contributed by atoms with E-state index in [2.05, 4.69) is 12.6 Å². The van der Waals surface area contributed by atoms with E-state index >= 15 is 0 Å². The molecule has 2 fully saturated rings. The molecule has 3 unspecified atom stereocenters. The van der Waals surface area contributed by atoms with Crippen LogP contribution in [0.3, 0.4) is 0 Å². The maximum absolute atomic E-state index is 12.0. The second kappa shape index (κ2) is 6.32. The molecule has 118 valence electrons. The highest BCUT2D eigenvalue weighted by molar-refractivity contribution is 7.81. The first-order chi connectivity index (χ1) is 10.6.